The van der Waals surface area contributed by atoms with Gasteiger partial charge in [-0.1, -0.05) is 23.7 Å². The molecule has 0 radical (unpaired) electrons. The van der Waals surface area contributed by atoms with Crippen LogP contribution in [0.1, 0.15) is 5.56 Å². The summed E-state index contributed by atoms with van der Waals surface area (Å²) in [6, 6.07) is 7.22. The van der Waals surface area contributed by atoms with Crippen molar-refractivity contribution in [3.63, 3.8) is 0 Å². The summed E-state index contributed by atoms with van der Waals surface area (Å²) in [5, 5.41) is 12.3. The Kier molecular flexibility index (Phi) is 3.00. The van der Waals surface area contributed by atoms with Crippen LogP contribution in [0.4, 0.5) is 0 Å². The average Bonchev–Trinajstić information content (AvgIpc) is 2.10. The molecule has 3 heteroatoms. The molecule has 1 aromatic carbocycles. The molecule has 0 bridgehead atoms. The van der Waals surface area contributed by atoms with Crippen LogP contribution in [0.15, 0.2) is 30.5 Å². The molecule has 0 saturated heterocycles. The van der Waals surface area contributed by atoms with E-state index < -0.39 is 0 Å². The van der Waals surface area contributed by atoms with Gasteiger partial charge in [-0.05, 0) is 12.1 Å². The molecule has 2 N–H and O–H groups in total. The summed E-state index contributed by atoms with van der Waals surface area (Å²) in [7, 11) is 1.75. The quantitative estimate of drug-likeness (QED) is 0.691. The maximum absolute atomic E-state index is 8.79. The molecule has 1 aromatic rings. The van der Waals surface area contributed by atoms with Crippen LogP contribution in [0.25, 0.3) is 5.70 Å². The van der Waals surface area contributed by atoms with Gasteiger partial charge in [0.2, 0.25) is 0 Å². The minimum atomic E-state index is 0.673. The summed E-state index contributed by atoms with van der Waals surface area (Å²) in [6.45, 7) is 0. The molecule has 0 aliphatic heterocycles. The number of aliphatic hydroxyl groups excluding tert-OH is 1. The standard InChI is InChI=1S/C9H10ClNO/c1-11-9(6-12)7-2-4-8(10)5-3-7/h2-6,11-12H,1H3/b9-6-. The Hall–Kier alpha value is -1.15. The van der Waals surface area contributed by atoms with Crippen molar-refractivity contribution < 1.29 is 5.11 Å². The highest BCUT2D eigenvalue weighted by molar-refractivity contribution is 6.30. The third kappa shape index (κ3) is 1.92. The zero-order valence-electron chi connectivity index (χ0n) is 6.71. The van der Waals surface area contributed by atoms with E-state index in [1.54, 1.807) is 19.2 Å². The van der Waals surface area contributed by atoms with Gasteiger partial charge in [-0.2, -0.15) is 0 Å². The highest BCUT2D eigenvalue weighted by Gasteiger charge is 1.97. The SMILES string of the molecule is CN/C(=C\O)c1ccc(Cl)cc1. The number of aliphatic hydroxyl groups is 1. The molecule has 0 heterocycles. The van der Waals surface area contributed by atoms with Crippen molar-refractivity contribution in [2.75, 3.05) is 7.05 Å². The van der Waals surface area contributed by atoms with Gasteiger partial charge in [-0.25, -0.2) is 0 Å². The lowest BCUT2D eigenvalue weighted by Crippen LogP contribution is -2.03. The van der Waals surface area contributed by atoms with Crippen LogP contribution in [-0.4, -0.2) is 12.2 Å². The predicted molar refractivity (Wildman–Crippen MR) is 51.1 cm³/mol. The van der Waals surface area contributed by atoms with Crippen molar-refractivity contribution in [3.8, 4) is 0 Å². The van der Waals surface area contributed by atoms with Gasteiger partial charge < -0.3 is 10.4 Å². The Morgan fingerprint density at radius 3 is 2.42 bits per heavy atom. The van der Waals surface area contributed by atoms with E-state index in [1.165, 1.54) is 0 Å². The predicted octanol–water partition coefficient (Wildman–Crippen LogP) is 2.42. The number of hydrogen-bond donors (Lipinski definition) is 2. The second-order valence-electron chi connectivity index (χ2n) is 2.30. The van der Waals surface area contributed by atoms with E-state index in [9.17, 15) is 0 Å². The van der Waals surface area contributed by atoms with Gasteiger partial charge in [-0.3, -0.25) is 0 Å². The Morgan fingerprint density at radius 2 is 2.00 bits per heavy atom. The molecule has 0 aliphatic rings. The zero-order valence-corrected chi connectivity index (χ0v) is 7.47. The first kappa shape index (κ1) is 8.94. The first-order valence-corrected chi connectivity index (χ1v) is 3.94. The first-order valence-electron chi connectivity index (χ1n) is 3.56. The van der Waals surface area contributed by atoms with Crippen LogP contribution >= 0.6 is 11.6 Å². The normalized spacial score (nSPS) is 11.3. The summed E-state index contributed by atoms with van der Waals surface area (Å²) in [4.78, 5) is 0. The van der Waals surface area contributed by atoms with E-state index >= 15 is 0 Å². The summed E-state index contributed by atoms with van der Waals surface area (Å²) in [5.74, 6) is 0. The molecule has 0 atom stereocenters. The summed E-state index contributed by atoms with van der Waals surface area (Å²) < 4.78 is 0. The van der Waals surface area contributed by atoms with E-state index in [1.807, 2.05) is 12.1 Å². The molecule has 1 rings (SSSR count). The van der Waals surface area contributed by atoms with Crippen LogP contribution in [0, 0.1) is 0 Å². The fraction of sp³-hybridized carbons (Fsp3) is 0.111. The van der Waals surface area contributed by atoms with Crippen LogP contribution < -0.4 is 5.32 Å². The van der Waals surface area contributed by atoms with Crippen LogP contribution in [0.2, 0.25) is 5.02 Å². The zero-order chi connectivity index (χ0) is 8.97. The summed E-state index contributed by atoms with van der Waals surface area (Å²) in [5.41, 5.74) is 1.58. The highest BCUT2D eigenvalue weighted by atomic mass is 35.5. The second-order valence-corrected chi connectivity index (χ2v) is 2.74. The van der Waals surface area contributed by atoms with E-state index in [-0.39, 0.29) is 0 Å². The van der Waals surface area contributed by atoms with Gasteiger partial charge in [0.25, 0.3) is 0 Å². The fourth-order valence-electron chi connectivity index (χ4n) is 0.913. The number of rotatable bonds is 2. The number of hydrogen-bond acceptors (Lipinski definition) is 2. The lowest BCUT2D eigenvalue weighted by molar-refractivity contribution is 0.473. The molecule has 0 aromatic heterocycles. The molecule has 2 nitrogen and oxygen atoms in total. The Labute approximate surface area is 76.5 Å². The van der Waals surface area contributed by atoms with Crippen molar-refractivity contribution in [1.82, 2.24) is 5.32 Å². The molecule has 0 saturated carbocycles. The van der Waals surface area contributed by atoms with Gasteiger partial charge in [-0.15, -0.1) is 0 Å². The van der Waals surface area contributed by atoms with Crippen molar-refractivity contribution in [2.24, 2.45) is 0 Å². The molecule has 0 aliphatic carbocycles. The molecule has 64 valence electrons. The van der Waals surface area contributed by atoms with Crippen molar-refractivity contribution >= 4 is 17.3 Å². The molecule has 0 amide bonds. The van der Waals surface area contributed by atoms with E-state index in [0.717, 1.165) is 11.8 Å². The van der Waals surface area contributed by atoms with Crippen LogP contribution in [0.5, 0.6) is 0 Å². The molecule has 0 spiro atoms. The van der Waals surface area contributed by atoms with E-state index in [0.29, 0.717) is 10.7 Å². The lowest BCUT2D eigenvalue weighted by Gasteiger charge is -2.04. The maximum Gasteiger partial charge on any atom is 0.103 e. The van der Waals surface area contributed by atoms with Crippen LogP contribution in [-0.2, 0) is 0 Å². The first-order chi connectivity index (χ1) is 5.77. The minimum absolute atomic E-state index is 0.673. The Morgan fingerprint density at radius 1 is 1.42 bits per heavy atom. The molecule has 12 heavy (non-hydrogen) atoms. The minimum Gasteiger partial charge on any atom is -0.513 e. The van der Waals surface area contributed by atoms with Crippen molar-refractivity contribution in [3.05, 3.63) is 41.1 Å². The Bertz CT molecular complexity index is 279. The third-order valence-corrected chi connectivity index (χ3v) is 1.81. The number of benzene rings is 1. The van der Waals surface area contributed by atoms with Gasteiger partial charge in [0.1, 0.15) is 6.26 Å². The lowest BCUT2D eigenvalue weighted by atomic mass is 10.2. The monoisotopic (exact) mass is 183 g/mol. The van der Waals surface area contributed by atoms with Gasteiger partial charge in [0.05, 0.1) is 5.70 Å². The van der Waals surface area contributed by atoms with E-state index in [4.69, 9.17) is 16.7 Å². The molecular weight excluding hydrogens is 174 g/mol. The Balaban J connectivity index is 2.96. The highest BCUT2D eigenvalue weighted by Crippen LogP contribution is 2.14. The fourth-order valence-corrected chi connectivity index (χ4v) is 1.04. The number of nitrogens with one attached hydrogen (secondary N) is 1. The third-order valence-electron chi connectivity index (χ3n) is 1.55. The molecular formula is C9H10ClNO. The largest absolute Gasteiger partial charge is 0.513 e. The number of halogens is 1. The summed E-state index contributed by atoms with van der Waals surface area (Å²) >= 11 is 5.70. The van der Waals surface area contributed by atoms with E-state index in [2.05, 4.69) is 5.32 Å². The average molecular weight is 184 g/mol. The van der Waals surface area contributed by atoms with Crippen molar-refractivity contribution in [1.29, 1.82) is 0 Å². The maximum atomic E-state index is 8.79. The topological polar surface area (TPSA) is 32.3 Å². The smallest absolute Gasteiger partial charge is 0.103 e. The van der Waals surface area contributed by atoms with Gasteiger partial charge in [0, 0.05) is 17.6 Å². The van der Waals surface area contributed by atoms with Crippen molar-refractivity contribution in [2.45, 2.75) is 0 Å². The second kappa shape index (κ2) is 4.02. The van der Waals surface area contributed by atoms with Crippen LogP contribution in [0.3, 0.4) is 0 Å². The summed E-state index contributed by atoms with van der Waals surface area (Å²) in [6.07, 6.45) is 1.03. The van der Waals surface area contributed by atoms with Gasteiger partial charge >= 0.3 is 0 Å². The van der Waals surface area contributed by atoms with Gasteiger partial charge in [0.15, 0.2) is 0 Å². The molecule has 0 fully saturated rings. The molecule has 0 unspecified atom stereocenters.